The van der Waals surface area contributed by atoms with Gasteiger partial charge in [0.1, 0.15) is 0 Å². The van der Waals surface area contributed by atoms with Gasteiger partial charge in [-0.15, -0.1) is 0 Å². The number of para-hydroxylation sites is 1. The van der Waals surface area contributed by atoms with Gasteiger partial charge in [-0.25, -0.2) is 4.79 Å². The van der Waals surface area contributed by atoms with Crippen molar-refractivity contribution in [2.45, 2.75) is 13.0 Å². The molecular formula is C17H13BrN2O3. The van der Waals surface area contributed by atoms with E-state index in [9.17, 15) is 9.59 Å². The molecule has 3 rings (SSSR count). The van der Waals surface area contributed by atoms with E-state index in [1.165, 1.54) is 6.20 Å². The van der Waals surface area contributed by atoms with Crippen molar-refractivity contribution in [2.75, 3.05) is 0 Å². The van der Waals surface area contributed by atoms with Crippen LogP contribution in [0.15, 0.2) is 53.4 Å². The molecule has 0 aliphatic rings. The number of H-pyrrole nitrogens is 1. The van der Waals surface area contributed by atoms with E-state index in [-0.39, 0.29) is 11.3 Å². The fourth-order valence-electron chi connectivity index (χ4n) is 2.30. The Kier molecular flexibility index (Phi) is 4.25. The number of Topliss-reactive ketones (excluding diaryl/α,β-unsaturated/α-hetero) is 1. The Labute approximate surface area is 140 Å². The van der Waals surface area contributed by atoms with Crippen molar-refractivity contribution in [2.24, 2.45) is 0 Å². The van der Waals surface area contributed by atoms with Gasteiger partial charge in [0.15, 0.2) is 6.10 Å². The first-order valence-corrected chi connectivity index (χ1v) is 7.77. The van der Waals surface area contributed by atoms with E-state index < -0.39 is 12.1 Å². The number of hydrogen-bond acceptors (Lipinski definition) is 4. The van der Waals surface area contributed by atoms with Crippen LogP contribution in [0.3, 0.4) is 0 Å². The normalized spacial score (nSPS) is 12.1. The van der Waals surface area contributed by atoms with Crippen LogP contribution in [-0.4, -0.2) is 27.8 Å². The fourth-order valence-corrected chi connectivity index (χ4v) is 2.66. The number of aromatic amines is 1. The van der Waals surface area contributed by atoms with Gasteiger partial charge in [0.2, 0.25) is 5.78 Å². The van der Waals surface area contributed by atoms with Crippen molar-refractivity contribution in [1.29, 1.82) is 0 Å². The first-order chi connectivity index (χ1) is 11.1. The predicted molar refractivity (Wildman–Crippen MR) is 89.4 cm³/mol. The van der Waals surface area contributed by atoms with E-state index >= 15 is 0 Å². The van der Waals surface area contributed by atoms with Crippen LogP contribution in [0.2, 0.25) is 0 Å². The molecule has 5 nitrogen and oxygen atoms in total. The third kappa shape index (κ3) is 3.17. The second-order valence-corrected chi connectivity index (χ2v) is 5.97. The molecule has 1 aromatic carbocycles. The summed E-state index contributed by atoms with van der Waals surface area (Å²) in [5.41, 5.74) is 1.66. The van der Waals surface area contributed by atoms with Gasteiger partial charge < -0.3 is 9.72 Å². The molecule has 0 fully saturated rings. The van der Waals surface area contributed by atoms with Crippen molar-refractivity contribution < 1.29 is 14.3 Å². The van der Waals surface area contributed by atoms with Crippen molar-refractivity contribution >= 4 is 38.6 Å². The number of benzene rings is 1. The minimum absolute atomic E-state index is 0.251. The monoisotopic (exact) mass is 372 g/mol. The van der Waals surface area contributed by atoms with Crippen molar-refractivity contribution in [1.82, 2.24) is 9.97 Å². The van der Waals surface area contributed by atoms with E-state index in [1.54, 1.807) is 25.4 Å². The van der Waals surface area contributed by atoms with Gasteiger partial charge in [0, 0.05) is 39.5 Å². The summed E-state index contributed by atoms with van der Waals surface area (Å²) in [6, 6.07) is 9.08. The standard InChI is InChI=1S/C17H13BrN2O3/c1-10(23-17(22)11-6-12(18)8-19-7-11)16(21)14-9-20-15-5-3-2-4-13(14)15/h2-10,20H,1H3. The molecule has 3 aromatic rings. The smallest absolute Gasteiger partial charge is 0.340 e. The summed E-state index contributed by atoms with van der Waals surface area (Å²) in [6.45, 7) is 1.56. The van der Waals surface area contributed by atoms with Crippen molar-refractivity contribution in [3.8, 4) is 0 Å². The minimum atomic E-state index is -0.888. The molecule has 0 saturated heterocycles. The molecule has 6 heteroatoms. The number of pyridine rings is 1. The molecule has 0 bridgehead atoms. The summed E-state index contributed by atoms with van der Waals surface area (Å²) in [5, 5.41) is 0.810. The third-order valence-electron chi connectivity index (χ3n) is 3.45. The number of halogens is 1. The van der Waals surface area contributed by atoms with Crippen LogP contribution in [0.1, 0.15) is 27.6 Å². The van der Waals surface area contributed by atoms with Gasteiger partial charge in [-0.2, -0.15) is 0 Å². The molecule has 0 aliphatic heterocycles. The second-order valence-electron chi connectivity index (χ2n) is 5.05. The summed E-state index contributed by atoms with van der Waals surface area (Å²) in [6.07, 6.45) is 3.71. The van der Waals surface area contributed by atoms with Crippen molar-refractivity contribution in [3.63, 3.8) is 0 Å². The zero-order chi connectivity index (χ0) is 16.4. The molecule has 2 heterocycles. The highest BCUT2D eigenvalue weighted by Gasteiger charge is 2.23. The van der Waals surface area contributed by atoms with Crippen LogP contribution >= 0.6 is 15.9 Å². The minimum Gasteiger partial charge on any atom is -0.451 e. The number of ether oxygens (including phenoxy) is 1. The number of nitrogens with zero attached hydrogens (tertiary/aromatic N) is 1. The number of carbonyl (C=O) groups is 2. The van der Waals surface area contributed by atoms with Gasteiger partial charge in [-0.1, -0.05) is 18.2 Å². The summed E-state index contributed by atoms with van der Waals surface area (Å²) < 4.78 is 5.93. The number of carbonyl (C=O) groups excluding carboxylic acids is 2. The molecule has 116 valence electrons. The van der Waals surface area contributed by atoms with E-state index in [2.05, 4.69) is 25.9 Å². The lowest BCUT2D eigenvalue weighted by Crippen LogP contribution is -2.24. The number of aromatic nitrogens is 2. The van der Waals surface area contributed by atoms with Crippen LogP contribution in [0.25, 0.3) is 10.9 Å². The quantitative estimate of drug-likeness (QED) is 0.559. The van der Waals surface area contributed by atoms with Gasteiger partial charge >= 0.3 is 5.97 Å². The average Bonchev–Trinajstić information content (AvgIpc) is 2.98. The number of fused-ring (bicyclic) bond motifs is 1. The molecule has 1 unspecified atom stereocenters. The summed E-state index contributed by atoms with van der Waals surface area (Å²) in [7, 11) is 0. The lowest BCUT2D eigenvalue weighted by atomic mass is 10.1. The maximum absolute atomic E-state index is 12.5. The van der Waals surface area contributed by atoms with Crippen LogP contribution in [0.4, 0.5) is 0 Å². The molecule has 23 heavy (non-hydrogen) atoms. The Morgan fingerprint density at radius 3 is 2.83 bits per heavy atom. The van der Waals surface area contributed by atoms with Crippen LogP contribution in [0, 0.1) is 0 Å². The lowest BCUT2D eigenvalue weighted by Gasteiger charge is -2.12. The predicted octanol–water partition coefficient (Wildman–Crippen LogP) is 3.75. The van der Waals surface area contributed by atoms with E-state index in [0.29, 0.717) is 10.0 Å². The highest BCUT2D eigenvalue weighted by Crippen LogP contribution is 2.20. The zero-order valence-corrected chi connectivity index (χ0v) is 13.8. The Hall–Kier alpha value is -2.47. The molecule has 0 aliphatic carbocycles. The van der Waals surface area contributed by atoms with E-state index in [1.807, 2.05) is 24.3 Å². The summed E-state index contributed by atoms with van der Waals surface area (Å²) >= 11 is 3.24. The Morgan fingerprint density at radius 2 is 2.04 bits per heavy atom. The highest BCUT2D eigenvalue weighted by atomic mass is 79.9. The second kappa shape index (κ2) is 6.34. The van der Waals surface area contributed by atoms with Crippen LogP contribution in [-0.2, 0) is 4.74 Å². The van der Waals surface area contributed by atoms with Crippen LogP contribution < -0.4 is 0 Å². The van der Waals surface area contributed by atoms with E-state index in [4.69, 9.17) is 4.74 Å². The Balaban J connectivity index is 1.79. The lowest BCUT2D eigenvalue weighted by molar-refractivity contribution is 0.0319. The molecule has 0 amide bonds. The summed E-state index contributed by atoms with van der Waals surface area (Å²) in [4.78, 5) is 31.6. The molecule has 0 spiro atoms. The molecule has 0 radical (unpaired) electrons. The van der Waals surface area contributed by atoms with Gasteiger partial charge in [-0.3, -0.25) is 9.78 Å². The number of rotatable bonds is 4. The zero-order valence-electron chi connectivity index (χ0n) is 12.2. The maximum atomic E-state index is 12.5. The first-order valence-electron chi connectivity index (χ1n) is 6.98. The van der Waals surface area contributed by atoms with Crippen molar-refractivity contribution in [3.05, 3.63) is 64.5 Å². The summed E-state index contributed by atoms with van der Waals surface area (Å²) in [5.74, 6) is -0.835. The van der Waals surface area contributed by atoms with Crippen LogP contribution in [0.5, 0.6) is 0 Å². The molecule has 2 aromatic heterocycles. The number of hydrogen-bond donors (Lipinski definition) is 1. The maximum Gasteiger partial charge on any atom is 0.340 e. The fraction of sp³-hybridized carbons (Fsp3) is 0.118. The topological polar surface area (TPSA) is 72.0 Å². The molecule has 1 atom stereocenters. The van der Waals surface area contributed by atoms with Gasteiger partial charge in [-0.05, 0) is 35.0 Å². The Morgan fingerprint density at radius 1 is 1.26 bits per heavy atom. The SMILES string of the molecule is CC(OC(=O)c1cncc(Br)c1)C(=O)c1c[nH]c2ccccc12. The number of esters is 1. The molecule has 0 saturated carbocycles. The van der Waals surface area contributed by atoms with Gasteiger partial charge in [0.25, 0.3) is 0 Å². The third-order valence-corrected chi connectivity index (χ3v) is 3.88. The Bertz CT molecular complexity index is 888. The number of ketones is 1. The average molecular weight is 373 g/mol. The van der Waals surface area contributed by atoms with Gasteiger partial charge in [0.05, 0.1) is 5.56 Å². The number of nitrogens with one attached hydrogen (secondary N) is 1. The largest absolute Gasteiger partial charge is 0.451 e. The molecule has 1 N–H and O–H groups in total. The molecular weight excluding hydrogens is 360 g/mol. The first kappa shape index (κ1) is 15.4. The highest BCUT2D eigenvalue weighted by molar-refractivity contribution is 9.10. The van der Waals surface area contributed by atoms with E-state index in [0.717, 1.165) is 10.9 Å².